The van der Waals surface area contributed by atoms with Gasteiger partial charge in [0, 0.05) is 12.1 Å². The topological polar surface area (TPSA) is 90.7 Å². The molecule has 7 heteroatoms. The fourth-order valence-electron chi connectivity index (χ4n) is 4.86. The average Bonchev–Trinajstić information content (AvgIpc) is 2.93. The van der Waals surface area contributed by atoms with E-state index in [-0.39, 0.29) is 33.9 Å². The van der Waals surface area contributed by atoms with Crippen LogP contribution in [0.15, 0.2) is 12.1 Å². The molecule has 3 rings (SSSR count). The molecular weight excluding hydrogens is 336 g/mol. The van der Waals surface area contributed by atoms with Crippen molar-refractivity contribution in [3.63, 3.8) is 0 Å². The Labute approximate surface area is 153 Å². The second-order valence-electron chi connectivity index (χ2n) is 8.12. The van der Waals surface area contributed by atoms with Crippen LogP contribution < -0.4 is 14.8 Å². The molecule has 0 aromatic heterocycles. The second-order valence-corrected chi connectivity index (χ2v) is 8.12. The Morgan fingerprint density at radius 2 is 1.85 bits per heavy atom. The van der Waals surface area contributed by atoms with Crippen LogP contribution in [0.5, 0.6) is 11.5 Å². The highest BCUT2D eigenvalue weighted by Crippen LogP contribution is 2.65. The lowest BCUT2D eigenvalue weighted by Crippen LogP contribution is -2.47. The number of nitrogens with one attached hydrogen (secondary N) is 1. The number of fused-ring (bicyclic) bond motifs is 2. The van der Waals surface area contributed by atoms with Gasteiger partial charge in [-0.3, -0.25) is 14.9 Å². The number of hydrogen-bond donors (Lipinski definition) is 1. The van der Waals surface area contributed by atoms with Gasteiger partial charge in [-0.1, -0.05) is 20.8 Å². The summed E-state index contributed by atoms with van der Waals surface area (Å²) in [5.74, 6) is 0.650. The van der Waals surface area contributed by atoms with Gasteiger partial charge in [0.05, 0.1) is 25.2 Å². The predicted octanol–water partition coefficient (Wildman–Crippen LogP) is 3.56. The van der Waals surface area contributed by atoms with Crippen LogP contribution >= 0.6 is 0 Å². The third-order valence-corrected chi connectivity index (χ3v) is 7.04. The number of carbonyl (C=O) groups is 1. The van der Waals surface area contributed by atoms with Gasteiger partial charge in [-0.25, -0.2) is 0 Å². The Morgan fingerprint density at radius 3 is 2.31 bits per heavy atom. The highest BCUT2D eigenvalue weighted by molar-refractivity contribution is 5.99. The number of nitro groups is 1. The molecule has 2 aliphatic rings. The smallest absolute Gasteiger partial charge is 0.286 e. The summed E-state index contributed by atoms with van der Waals surface area (Å²) in [4.78, 5) is 23.8. The number of carbonyl (C=O) groups excluding carboxylic acids is 1. The molecular formula is C19H26N2O5. The average molecular weight is 362 g/mol. The van der Waals surface area contributed by atoms with E-state index in [4.69, 9.17) is 9.47 Å². The molecule has 0 aliphatic heterocycles. The van der Waals surface area contributed by atoms with Crippen molar-refractivity contribution in [1.82, 2.24) is 5.32 Å². The molecule has 2 saturated carbocycles. The van der Waals surface area contributed by atoms with Gasteiger partial charge in [0.15, 0.2) is 11.5 Å². The zero-order valence-corrected chi connectivity index (χ0v) is 15.9. The first-order valence-electron chi connectivity index (χ1n) is 8.87. The second kappa shape index (κ2) is 6.14. The maximum atomic E-state index is 12.9. The summed E-state index contributed by atoms with van der Waals surface area (Å²) < 4.78 is 10.3. The maximum Gasteiger partial charge on any atom is 0.286 e. The summed E-state index contributed by atoms with van der Waals surface area (Å²) in [6, 6.07) is 2.63. The van der Waals surface area contributed by atoms with Crippen LogP contribution in [0.4, 0.5) is 5.69 Å². The summed E-state index contributed by atoms with van der Waals surface area (Å²) in [5, 5.41) is 14.5. The Morgan fingerprint density at radius 1 is 1.23 bits per heavy atom. The number of ether oxygens (including phenoxy) is 2. The normalized spacial score (nSPS) is 28.7. The van der Waals surface area contributed by atoms with E-state index in [1.165, 1.54) is 32.8 Å². The zero-order chi connectivity index (χ0) is 19.3. The SMILES string of the molecule is COc1cc(C(=O)N[C@H]2C[C@H]3CC[C@@]2(C)C3(C)C)c([N+](=O)[O-])cc1OC. The molecule has 1 aromatic carbocycles. The molecule has 0 saturated heterocycles. The highest BCUT2D eigenvalue weighted by Gasteiger charge is 2.61. The molecule has 0 spiro atoms. The number of nitrogens with zero attached hydrogens (tertiary/aromatic N) is 1. The van der Waals surface area contributed by atoms with Crippen molar-refractivity contribution in [2.24, 2.45) is 16.7 Å². The maximum absolute atomic E-state index is 12.9. The Balaban J connectivity index is 1.92. The van der Waals surface area contributed by atoms with Crippen LogP contribution in [0.1, 0.15) is 50.4 Å². The fourth-order valence-corrected chi connectivity index (χ4v) is 4.86. The molecule has 0 radical (unpaired) electrons. The summed E-state index contributed by atoms with van der Waals surface area (Å²) >= 11 is 0. The number of hydrogen-bond acceptors (Lipinski definition) is 5. The van der Waals surface area contributed by atoms with Crippen LogP contribution in [0.2, 0.25) is 0 Å². The van der Waals surface area contributed by atoms with Crippen molar-refractivity contribution >= 4 is 11.6 Å². The van der Waals surface area contributed by atoms with Crippen molar-refractivity contribution in [1.29, 1.82) is 0 Å². The minimum absolute atomic E-state index is 0.00133. The lowest BCUT2D eigenvalue weighted by atomic mass is 9.69. The van der Waals surface area contributed by atoms with Crippen molar-refractivity contribution in [2.75, 3.05) is 14.2 Å². The van der Waals surface area contributed by atoms with Crippen molar-refractivity contribution < 1.29 is 19.2 Å². The number of nitro benzene ring substituents is 1. The number of methoxy groups -OCH3 is 2. The summed E-state index contributed by atoms with van der Waals surface area (Å²) in [7, 11) is 2.84. The molecule has 2 aliphatic carbocycles. The molecule has 142 valence electrons. The van der Waals surface area contributed by atoms with Gasteiger partial charge < -0.3 is 14.8 Å². The number of amides is 1. The van der Waals surface area contributed by atoms with E-state index in [1.807, 2.05) is 0 Å². The van der Waals surface area contributed by atoms with Gasteiger partial charge >= 0.3 is 0 Å². The Hall–Kier alpha value is -2.31. The highest BCUT2D eigenvalue weighted by atomic mass is 16.6. The molecule has 1 N–H and O–H groups in total. The zero-order valence-electron chi connectivity index (χ0n) is 15.9. The predicted molar refractivity (Wildman–Crippen MR) is 96.7 cm³/mol. The van der Waals surface area contributed by atoms with E-state index >= 15 is 0 Å². The van der Waals surface area contributed by atoms with Crippen LogP contribution in [0, 0.1) is 26.9 Å². The third-order valence-electron chi connectivity index (χ3n) is 7.04. The minimum atomic E-state index is -0.566. The fraction of sp³-hybridized carbons (Fsp3) is 0.632. The first-order valence-corrected chi connectivity index (χ1v) is 8.87. The van der Waals surface area contributed by atoms with Gasteiger partial charge in [0.1, 0.15) is 5.56 Å². The lowest BCUT2D eigenvalue weighted by molar-refractivity contribution is -0.385. The van der Waals surface area contributed by atoms with E-state index in [0.717, 1.165) is 12.8 Å². The quantitative estimate of drug-likeness (QED) is 0.639. The van der Waals surface area contributed by atoms with Crippen molar-refractivity contribution in [3.8, 4) is 11.5 Å². The summed E-state index contributed by atoms with van der Waals surface area (Å²) in [6.07, 6.45) is 3.15. The van der Waals surface area contributed by atoms with E-state index in [2.05, 4.69) is 26.1 Å². The van der Waals surface area contributed by atoms with Crippen LogP contribution in [-0.2, 0) is 0 Å². The van der Waals surface area contributed by atoms with Gasteiger partial charge in [-0.05, 0) is 36.0 Å². The Kier molecular flexibility index (Phi) is 4.37. The minimum Gasteiger partial charge on any atom is -0.493 e. The Bertz CT molecular complexity index is 761. The van der Waals surface area contributed by atoms with E-state index in [1.54, 1.807) is 0 Å². The molecule has 0 unspecified atom stereocenters. The molecule has 3 atom stereocenters. The standard InChI is InChI=1S/C19H26N2O5/c1-18(2)11-6-7-19(18,3)16(8-11)20-17(22)12-9-14(25-4)15(26-5)10-13(12)21(23)24/h9-11,16H,6-8H2,1-5H3,(H,20,22)/t11-,16+,19-/m1/s1. The molecule has 1 amide bonds. The van der Waals surface area contributed by atoms with E-state index < -0.39 is 10.8 Å². The van der Waals surface area contributed by atoms with Gasteiger partial charge in [-0.15, -0.1) is 0 Å². The van der Waals surface area contributed by atoms with Gasteiger partial charge in [-0.2, -0.15) is 0 Å². The largest absolute Gasteiger partial charge is 0.493 e. The van der Waals surface area contributed by atoms with Crippen LogP contribution in [-0.4, -0.2) is 31.1 Å². The first-order chi connectivity index (χ1) is 12.2. The van der Waals surface area contributed by atoms with Crippen molar-refractivity contribution in [3.05, 3.63) is 27.8 Å². The van der Waals surface area contributed by atoms with Gasteiger partial charge in [0.25, 0.3) is 11.6 Å². The number of rotatable bonds is 5. The number of benzene rings is 1. The van der Waals surface area contributed by atoms with Crippen molar-refractivity contribution in [2.45, 2.75) is 46.1 Å². The molecule has 1 aromatic rings. The van der Waals surface area contributed by atoms with Crippen LogP contribution in [0.25, 0.3) is 0 Å². The monoisotopic (exact) mass is 362 g/mol. The van der Waals surface area contributed by atoms with E-state index in [0.29, 0.717) is 11.7 Å². The third kappa shape index (κ3) is 2.52. The lowest BCUT2D eigenvalue weighted by Gasteiger charge is -2.39. The summed E-state index contributed by atoms with van der Waals surface area (Å²) in [5.41, 5.74) is -0.141. The van der Waals surface area contributed by atoms with E-state index in [9.17, 15) is 14.9 Å². The molecule has 2 fully saturated rings. The molecule has 7 nitrogen and oxygen atoms in total. The van der Waals surface area contributed by atoms with Crippen LogP contribution in [0.3, 0.4) is 0 Å². The van der Waals surface area contributed by atoms with Gasteiger partial charge in [0.2, 0.25) is 0 Å². The molecule has 0 heterocycles. The first kappa shape index (κ1) is 18.5. The molecule has 2 bridgehead atoms. The summed E-state index contributed by atoms with van der Waals surface area (Å²) in [6.45, 7) is 6.74. The molecule has 26 heavy (non-hydrogen) atoms.